The number of rotatable bonds is 3. The maximum Gasteiger partial charge on any atom is 0.116 e. The molecule has 0 atom stereocenters. The first-order valence-corrected chi connectivity index (χ1v) is 9.07. The van der Waals surface area contributed by atoms with Crippen LogP contribution in [-0.2, 0) is 0 Å². The molecule has 0 aliphatic heterocycles. The monoisotopic (exact) mass is 378 g/mol. The fourth-order valence-electron chi connectivity index (χ4n) is 3.60. The third-order valence-electron chi connectivity index (χ3n) is 5.01. The van der Waals surface area contributed by atoms with Crippen molar-refractivity contribution in [2.45, 2.75) is 0 Å². The lowest BCUT2D eigenvalue weighted by Gasteiger charge is -2.01. The van der Waals surface area contributed by atoms with Crippen molar-refractivity contribution < 1.29 is 0 Å². The quantitative estimate of drug-likeness (QED) is 0.432. The maximum atomic E-state index is 4.53. The Morgan fingerprint density at radius 1 is 0.828 bits per heavy atom. The van der Waals surface area contributed by atoms with Crippen LogP contribution in [-0.4, -0.2) is 40.3 Å². The first kappa shape index (κ1) is 15.7. The van der Waals surface area contributed by atoms with E-state index in [4.69, 9.17) is 0 Å². The molecule has 0 saturated heterocycles. The summed E-state index contributed by atoms with van der Waals surface area (Å²) in [5.74, 6) is 0. The van der Waals surface area contributed by atoms with Crippen molar-refractivity contribution >= 4 is 21.8 Å². The van der Waals surface area contributed by atoms with Gasteiger partial charge in [0.1, 0.15) is 5.69 Å². The molecular formula is C21H14N8. The Bertz CT molecular complexity index is 1440. The Hall–Kier alpha value is -4.33. The van der Waals surface area contributed by atoms with Gasteiger partial charge in [0, 0.05) is 52.3 Å². The predicted molar refractivity (Wildman–Crippen MR) is 110 cm³/mol. The molecule has 6 aromatic heterocycles. The molecule has 0 unspecified atom stereocenters. The first-order chi connectivity index (χ1) is 14.4. The zero-order valence-corrected chi connectivity index (χ0v) is 15.1. The molecule has 29 heavy (non-hydrogen) atoms. The predicted octanol–water partition coefficient (Wildman–Crippen LogP) is 3.95. The summed E-state index contributed by atoms with van der Waals surface area (Å²) >= 11 is 0. The third kappa shape index (κ3) is 2.50. The van der Waals surface area contributed by atoms with E-state index in [1.165, 1.54) is 0 Å². The maximum absolute atomic E-state index is 4.53. The van der Waals surface area contributed by atoms with Gasteiger partial charge in [-0.25, -0.2) is 0 Å². The van der Waals surface area contributed by atoms with E-state index in [1.807, 2.05) is 43.0 Å². The molecule has 0 aliphatic carbocycles. The van der Waals surface area contributed by atoms with Crippen LogP contribution in [0.5, 0.6) is 0 Å². The molecule has 0 aromatic carbocycles. The van der Waals surface area contributed by atoms with Crippen molar-refractivity contribution in [1.29, 1.82) is 0 Å². The fraction of sp³-hybridized carbons (Fsp3) is 0. The first-order valence-electron chi connectivity index (χ1n) is 9.07. The van der Waals surface area contributed by atoms with E-state index >= 15 is 0 Å². The minimum Gasteiger partial charge on any atom is -0.352 e. The van der Waals surface area contributed by atoms with Gasteiger partial charge in [0.05, 0.1) is 41.0 Å². The second kappa shape index (κ2) is 6.10. The summed E-state index contributed by atoms with van der Waals surface area (Å²) in [5, 5.41) is 16.5. The van der Waals surface area contributed by atoms with Crippen LogP contribution >= 0.6 is 0 Å². The van der Waals surface area contributed by atoms with Gasteiger partial charge in [0.2, 0.25) is 0 Å². The summed E-state index contributed by atoms with van der Waals surface area (Å²) in [7, 11) is 0. The largest absolute Gasteiger partial charge is 0.352 e. The van der Waals surface area contributed by atoms with E-state index in [2.05, 4.69) is 46.4 Å². The van der Waals surface area contributed by atoms with Gasteiger partial charge < -0.3 is 4.98 Å². The molecule has 6 heterocycles. The zero-order valence-electron chi connectivity index (χ0n) is 15.1. The molecule has 0 saturated carbocycles. The van der Waals surface area contributed by atoms with Crippen LogP contribution in [0.3, 0.4) is 0 Å². The van der Waals surface area contributed by atoms with Crippen LogP contribution < -0.4 is 0 Å². The van der Waals surface area contributed by atoms with Crippen molar-refractivity contribution in [2.24, 2.45) is 0 Å². The van der Waals surface area contributed by atoms with Crippen molar-refractivity contribution in [2.75, 3.05) is 0 Å². The van der Waals surface area contributed by atoms with Gasteiger partial charge in [0.15, 0.2) is 0 Å². The molecule has 138 valence electrons. The number of pyridine rings is 3. The highest BCUT2D eigenvalue weighted by molar-refractivity contribution is 6.00. The highest BCUT2D eigenvalue weighted by Gasteiger charge is 2.15. The summed E-state index contributed by atoms with van der Waals surface area (Å²) in [6, 6.07) is 8.08. The number of hydrogen-bond donors (Lipinski definition) is 3. The lowest BCUT2D eigenvalue weighted by Crippen LogP contribution is -1.82. The summed E-state index contributed by atoms with van der Waals surface area (Å²) in [6.07, 6.45) is 12.7. The van der Waals surface area contributed by atoms with E-state index in [0.29, 0.717) is 0 Å². The summed E-state index contributed by atoms with van der Waals surface area (Å²) < 4.78 is 0. The Labute approximate surface area is 164 Å². The number of fused-ring (bicyclic) bond motifs is 2. The summed E-state index contributed by atoms with van der Waals surface area (Å²) in [6.45, 7) is 0. The molecule has 0 fully saturated rings. The fourth-order valence-corrected chi connectivity index (χ4v) is 3.60. The van der Waals surface area contributed by atoms with Crippen LogP contribution in [0.15, 0.2) is 67.6 Å². The second-order valence-electron chi connectivity index (χ2n) is 6.75. The lowest BCUT2D eigenvalue weighted by atomic mass is 10.1. The van der Waals surface area contributed by atoms with E-state index in [0.717, 1.165) is 55.6 Å². The molecular weight excluding hydrogens is 364 g/mol. The standard InChI is InChI=1S/C21H14N8/c1-2-12(6-22-3-1)16-9-23-10-19-14(16)4-18(27-19)21-15-5-17(13-7-25-26-8-13)24-11-20(15)28-29-21/h1-11,27H,(H,25,26)(H,28,29). The molecule has 8 nitrogen and oxygen atoms in total. The van der Waals surface area contributed by atoms with Gasteiger partial charge in [-0.1, -0.05) is 6.07 Å². The molecule has 6 rings (SSSR count). The molecule has 6 aromatic rings. The van der Waals surface area contributed by atoms with Gasteiger partial charge >= 0.3 is 0 Å². The molecule has 0 aliphatic rings. The number of nitrogens with one attached hydrogen (secondary N) is 3. The van der Waals surface area contributed by atoms with Crippen LogP contribution in [0, 0.1) is 0 Å². The van der Waals surface area contributed by atoms with Crippen LogP contribution in [0.25, 0.3) is 55.6 Å². The smallest absolute Gasteiger partial charge is 0.116 e. The van der Waals surface area contributed by atoms with Crippen LogP contribution in [0.4, 0.5) is 0 Å². The Morgan fingerprint density at radius 3 is 2.69 bits per heavy atom. The van der Waals surface area contributed by atoms with E-state index in [1.54, 1.807) is 18.6 Å². The highest BCUT2D eigenvalue weighted by Crippen LogP contribution is 2.33. The lowest BCUT2D eigenvalue weighted by molar-refractivity contribution is 1.09. The number of H-pyrrole nitrogens is 3. The SMILES string of the molecule is c1cncc(-c2cncc3[nH]c(-c4n[nH]c5cnc(-c6cn[nH]c6)cc45)cc23)c1. The number of nitrogens with zero attached hydrogens (tertiary/aromatic N) is 5. The third-order valence-corrected chi connectivity index (χ3v) is 5.01. The normalized spacial score (nSPS) is 11.4. The zero-order chi connectivity index (χ0) is 19.2. The van der Waals surface area contributed by atoms with E-state index in [-0.39, 0.29) is 0 Å². The van der Waals surface area contributed by atoms with Gasteiger partial charge in [-0.3, -0.25) is 25.1 Å². The number of aromatic amines is 3. The topological polar surface area (TPSA) is 112 Å². The van der Waals surface area contributed by atoms with Crippen molar-refractivity contribution in [3.8, 4) is 33.8 Å². The second-order valence-corrected chi connectivity index (χ2v) is 6.75. The minimum atomic E-state index is 0.834. The van der Waals surface area contributed by atoms with Gasteiger partial charge in [-0.15, -0.1) is 0 Å². The molecule has 3 N–H and O–H groups in total. The average molecular weight is 378 g/mol. The molecule has 0 radical (unpaired) electrons. The van der Waals surface area contributed by atoms with Crippen molar-refractivity contribution in [3.63, 3.8) is 0 Å². The summed E-state index contributed by atoms with van der Waals surface area (Å²) in [5.41, 5.74) is 7.38. The molecule has 0 amide bonds. The Balaban J connectivity index is 1.54. The Kier molecular flexibility index (Phi) is 3.30. The van der Waals surface area contributed by atoms with Crippen molar-refractivity contribution in [3.05, 3.63) is 67.6 Å². The molecule has 0 spiro atoms. The van der Waals surface area contributed by atoms with Gasteiger partial charge in [0.25, 0.3) is 0 Å². The highest BCUT2D eigenvalue weighted by atomic mass is 15.1. The van der Waals surface area contributed by atoms with Crippen LogP contribution in [0.1, 0.15) is 0 Å². The molecule has 0 bridgehead atoms. The van der Waals surface area contributed by atoms with E-state index in [9.17, 15) is 0 Å². The van der Waals surface area contributed by atoms with Gasteiger partial charge in [-0.05, 0) is 18.2 Å². The van der Waals surface area contributed by atoms with E-state index < -0.39 is 0 Å². The average Bonchev–Trinajstić information content (AvgIpc) is 3.52. The number of hydrogen-bond acceptors (Lipinski definition) is 5. The summed E-state index contributed by atoms with van der Waals surface area (Å²) in [4.78, 5) is 16.6. The number of aromatic nitrogens is 8. The van der Waals surface area contributed by atoms with Crippen LogP contribution in [0.2, 0.25) is 0 Å². The molecule has 8 heteroatoms. The Morgan fingerprint density at radius 2 is 1.83 bits per heavy atom. The minimum absolute atomic E-state index is 0.834. The van der Waals surface area contributed by atoms with Crippen molar-refractivity contribution in [1.82, 2.24) is 40.3 Å². The van der Waals surface area contributed by atoms with Gasteiger partial charge in [-0.2, -0.15) is 10.2 Å².